The van der Waals surface area contributed by atoms with Crippen molar-refractivity contribution in [3.63, 3.8) is 0 Å². The molecule has 0 unspecified atom stereocenters. The molecular formula is C25H21ClN2O2. The van der Waals surface area contributed by atoms with Gasteiger partial charge in [0, 0.05) is 16.1 Å². The number of halogens is 1. The van der Waals surface area contributed by atoms with Crippen LogP contribution in [0.3, 0.4) is 0 Å². The van der Waals surface area contributed by atoms with E-state index in [9.17, 15) is 4.79 Å². The summed E-state index contributed by atoms with van der Waals surface area (Å²) >= 11 is 6.24. The second-order valence-electron chi connectivity index (χ2n) is 6.86. The second kappa shape index (κ2) is 8.97. The molecule has 0 spiro atoms. The van der Waals surface area contributed by atoms with Gasteiger partial charge in [-0.05, 0) is 42.8 Å². The fourth-order valence-electron chi connectivity index (χ4n) is 3.23. The third-order valence-electron chi connectivity index (χ3n) is 4.66. The van der Waals surface area contributed by atoms with Crippen molar-refractivity contribution < 1.29 is 9.53 Å². The van der Waals surface area contributed by atoms with Crippen molar-refractivity contribution in [3.8, 4) is 5.75 Å². The Morgan fingerprint density at radius 2 is 1.70 bits per heavy atom. The summed E-state index contributed by atoms with van der Waals surface area (Å²) in [7, 11) is 0. The summed E-state index contributed by atoms with van der Waals surface area (Å²) < 4.78 is 5.87. The van der Waals surface area contributed by atoms with E-state index in [1.54, 1.807) is 12.1 Å². The molecule has 0 N–H and O–H groups in total. The molecule has 1 amide bonds. The van der Waals surface area contributed by atoms with Crippen LogP contribution in [0.25, 0.3) is 6.08 Å². The van der Waals surface area contributed by atoms with Crippen LogP contribution in [0.4, 0.5) is 5.69 Å². The summed E-state index contributed by atoms with van der Waals surface area (Å²) in [6.07, 6.45) is 2.70. The molecule has 1 heterocycles. The molecule has 4 rings (SSSR count). The highest BCUT2D eigenvalue weighted by molar-refractivity contribution is 6.37. The first-order valence-corrected chi connectivity index (χ1v) is 10.2. The maximum Gasteiger partial charge on any atom is 0.281 e. The van der Waals surface area contributed by atoms with Gasteiger partial charge in [-0.1, -0.05) is 67.1 Å². The van der Waals surface area contributed by atoms with Gasteiger partial charge in [0.1, 0.15) is 11.5 Å². The number of rotatable bonds is 6. The first kappa shape index (κ1) is 19.9. The fourth-order valence-corrected chi connectivity index (χ4v) is 3.41. The Kier molecular flexibility index (Phi) is 5.96. The Balaban J connectivity index is 1.82. The molecule has 0 saturated heterocycles. The van der Waals surface area contributed by atoms with Crippen molar-refractivity contribution in [3.05, 3.63) is 101 Å². The van der Waals surface area contributed by atoms with Gasteiger partial charge in [-0.25, -0.2) is 0 Å². The third-order valence-corrected chi connectivity index (χ3v) is 4.89. The van der Waals surface area contributed by atoms with E-state index in [1.807, 2.05) is 79.7 Å². The molecule has 4 nitrogen and oxygen atoms in total. The van der Waals surface area contributed by atoms with Gasteiger partial charge in [0.25, 0.3) is 5.91 Å². The number of hydrogen-bond acceptors (Lipinski definition) is 3. The summed E-state index contributed by atoms with van der Waals surface area (Å²) in [5.74, 6) is 0.494. The molecule has 5 heteroatoms. The lowest BCUT2D eigenvalue weighted by Crippen LogP contribution is -2.21. The van der Waals surface area contributed by atoms with Crippen molar-refractivity contribution in [2.24, 2.45) is 5.10 Å². The second-order valence-corrected chi connectivity index (χ2v) is 7.29. The van der Waals surface area contributed by atoms with Crippen LogP contribution in [0.15, 0.2) is 89.5 Å². The maximum atomic E-state index is 13.4. The van der Waals surface area contributed by atoms with E-state index < -0.39 is 0 Å². The molecule has 1 aliphatic heterocycles. The molecular weight excluding hydrogens is 396 g/mol. The minimum Gasteiger partial charge on any atom is -0.493 e. The number of anilines is 1. The Bertz CT molecular complexity index is 1110. The number of para-hydroxylation sites is 1. The zero-order chi connectivity index (χ0) is 20.9. The molecule has 0 saturated carbocycles. The normalized spacial score (nSPS) is 14.9. The predicted molar refractivity (Wildman–Crippen MR) is 122 cm³/mol. The Hall–Kier alpha value is -3.37. The number of hydrazone groups is 1. The maximum absolute atomic E-state index is 13.4. The molecule has 30 heavy (non-hydrogen) atoms. The van der Waals surface area contributed by atoms with Gasteiger partial charge >= 0.3 is 0 Å². The van der Waals surface area contributed by atoms with Gasteiger partial charge in [0.05, 0.1) is 17.9 Å². The average molecular weight is 417 g/mol. The SMILES string of the molecule is CCCOc1ccc(Cl)cc1/C=C1\C(=O)N(c2ccccc2)N=C1c1ccccc1. The standard InChI is InChI=1S/C25H21ClN2O2/c1-2-15-30-23-14-13-20(26)16-19(23)17-22-24(18-9-5-3-6-10-18)27-28(25(22)29)21-11-7-4-8-12-21/h3-14,16-17H,2,15H2,1H3/b22-17-. The lowest BCUT2D eigenvalue weighted by Gasteiger charge is -2.12. The summed E-state index contributed by atoms with van der Waals surface area (Å²) in [6, 6.07) is 24.5. The van der Waals surface area contributed by atoms with Gasteiger partial charge in [-0.15, -0.1) is 0 Å². The molecule has 0 bridgehead atoms. The van der Waals surface area contributed by atoms with Crippen LogP contribution < -0.4 is 9.75 Å². The van der Waals surface area contributed by atoms with Gasteiger partial charge < -0.3 is 4.74 Å². The fraction of sp³-hybridized carbons (Fsp3) is 0.120. The Morgan fingerprint density at radius 1 is 1.00 bits per heavy atom. The molecule has 0 fully saturated rings. The number of carbonyl (C=O) groups is 1. The zero-order valence-corrected chi connectivity index (χ0v) is 17.3. The van der Waals surface area contributed by atoms with E-state index in [-0.39, 0.29) is 5.91 Å². The summed E-state index contributed by atoms with van der Waals surface area (Å²) in [4.78, 5) is 13.4. The number of carbonyl (C=O) groups excluding carboxylic acids is 1. The largest absolute Gasteiger partial charge is 0.493 e. The van der Waals surface area contributed by atoms with Crippen molar-refractivity contribution >= 4 is 35.0 Å². The topological polar surface area (TPSA) is 41.9 Å². The number of hydrogen-bond donors (Lipinski definition) is 0. The van der Waals surface area contributed by atoms with Gasteiger partial charge in [-0.2, -0.15) is 10.1 Å². The molecule has 0 atom stereocenters. The van der Waals surface area contributed by atoms with E-state index in [0.29, 0.717) is 34.4 Å². The van der Waals surface area contributed by atoms with Gasteiger partial charge in [0.2, 0.25) is 0 Å². The van der Waals surface area contributed by atoms with Crippen molar-refractivity contribution in [2.45, 2.75) is 13.3 Å². The van der Waals surface area contributed by atoms with Crippen LogP contribution in [-0.4, -0.2) is 18.2 Å². The highest BCUT2D eigenvalue weighted by Gasteiger charge is 2.32. The molecule has 150 valence electrons. The smallest absolute Gasteiger partial charge is 0.281 e. The third kappa shape index (κ3) is 4.14. The highest BCUT2D eigenvalue weighted by Crippen LogP contribution is 2.31. The molecule has 1 aliphatic rings. The van der Waals surface area contributed by atoms with E-state index in [2.05, 4.69) is 5.10 Å². The number of amides is 1. The number of nitrogens with zero attached hydrogens (tertiary/aromatic N) is 2. The monoisotopic (exact) mass is 416 g/mol. The average Bonchev–Trinajstić information content (AvgIpc) is 3.10. The molecule has 3 aromatic rings. The minimum atomic E-state index is -0.193. The van der Waals surface area contributed by atoms with E-state index >= 15 is 0 Å². The summed E-state index contributed by atoms with van der Waals surface area (Å²) in [5, 5.41) is 6.67. The van der Waals surface area contributed by atoms with E-state index in [4.69, 9.17) is 16.3 Å². The lowest BCUT2D eigenvalue weighted by molar-refractivity contribution is -0.114. The summed E-state index contributed by atoms with van der Waals surface area (Å²) in [6.45, 7) is 2.63. The van der Waals surface area contributed by atoms with Crippen LogP contribution in [0.1, 0.15) is 24.5 Å². The van der Waals surface area contributed by atoms with Crippen LogP contribution >= 0.6 is 11.6 Å². The quantitative estimate of drug-likeness (QED) is 0.465. The Labute approximate surface area is 181 Å². The highest BCUT2D eigenvalue weighted by atomic mass is 35.5. The lowest BCUT2D eigenvalue weighted by atomic mass is 10.00. The van der Waals surface area contributed by atoms with Crippen LogP contribution in [0.5, 0.6) is 5.75 Å². The molecule has 3 aromatic carbocycles. The van der Waals surface area contributed by atoms with Crippen molar-refractivity contribution in [1.29, 1.82) is 0 Å². The number of benzene rings is 3. The molecule has 0 aliphatic carbocycles. The molecule has 0 radical (unpaired) electrons. The first-order chi connectivity index (χ1) is 14.7. The van der Waals surface area contributed by atoms with Crippen molar-refractivity contribution in [2.75, 3.05) is 11.6 Å². The minimum absolute atomic E-state index is 0.193. The van der Waals surface area contributed by atoms with Crippen LogP contribution in [-0.2, 0) is 4.79 Å². The number of ether oxygens (including phenoxy) is 1. The van der Waals surface area contributed by atoms with E-state index in [0.717, 1.165) is 17.5 Å². The zero-order valence-electron chi connectivity index (χ0n) is 16.6. The molecule has 0 aromatic heterocycles. The van der Waals surface area contributed by atoms with Crippen LogP contribution in [0.2, 0.25) is 5.02 Å². The predicted octanol–water partition coefficient (Wildman–Crippen LogP) is 5.96. The summed E-state index contributed by atoms with van der Waals surface area (Å²) in [5.41, 5.74) is 3.44. The van der Waals surface area contributed by atoms with Crippen LogP contribution in [0, 0.1) is 0 Å². The van der Waals surface area contributed by atoms with Gasteiger partial charge in [0.15, 0.2) is 0 Å². The van der Waals surface area contributed by atoms with Crippen molar-refractivity contribution in [1.82, 2.24) is 0 Å². The Morgan fingerprint density at radius 3 is 2.40 bits per heavy atom. The van der Waals surface area contributed by atoms with E-state index in [1.165, 1.54) is 5.01 Å². The first-order valence-electron chi connectivity index (χ1n) is 9.85. The van der Waals surface area contributed by atoms with Gasteiger partial charge in [-0.3, -0.25) is 4.79 Å².